The van der Waals surface area contributed by atoms with E-state index in [-0.39, 0.29) is 12.2 Å². The minimum Gasteiger partial charge on any atom is -0.447 e. The summed E-state index contributed by atoms with van der Waals surface area (Å²) in [5.41, 5.74) is 1.04. The van der Waals surface area contributed by atoms with Gasteiger partial charge in [-0.2, -0.15) is 0 Å². The van der Waals surface area contributed by atoms with Crippen molar-refractivity contribution < 1.29 is 9.53 Å². The highest BCUT2D eigenvalue weighted by Crippen LogP contribution is 2.01. The number of alkyl carbamates (subject to hydrolysis) is 1. The van der Waals surface area contributed by atoms with Crippen molar-refractivity contribution in [3.05, 3.63) is 37.0 Å². The van der Waals surface area contributed by atoms with Crippen LogP contribution in [0.3, 0.4) is 0 Å². The van der Waals surface area contributed by atoms with Crippen molar-refractivity contribution in [2.24, 2.45) is 0 Å². The van der Waals surface area contributed by atoms with Crippen molar-refractivity contribution in [3.8, 4) is 0 Å². The van der Waals surface area contributed by atoms with Gasteiger partial charge < -0.3 is 10.1 Å². The topological polar surface area (TPSA) is 38.3 Å². The van der Waals surface area contributed by atoms with Crippen LogP contribution in [0.4, 0.5) is 4.79 Å². The lowest BCUT2D eigenvalue weighted by Gasteiger charge is -2.09. The van der Waals surface area contributed by atoms with Gasteiger partial charge in [0, 0.05) is 6.54 Å². The van der Waals surface area contributed by atoms with E-state index in [1.54, 1.807) is 12.2 Å². The minimum absolute atomic E-state index is 0.0902. The van der Waals surface area contributed by atoms with E-state index >= 15 is 0 Å². The summed E-state index contributed by atoms with van der Waals surface area (Å²) in [5.74, 6) is 0. The molecule has 3 heteroatoms. The van der Waals surface area contributed by atoms with Gasteiger partial charge in [0.25, 0.3) is 0 Å². The number of hydrogen-bond acceptors (Lipinski definition) is 2. The summed E-state index contributed by atoms with van der Waals surface area (Å²) in [4.78, 5) is 11.1. The van der Waals surface area contributed by atoms with E-state index in [0.717, 1.165) is 12.0 Å². The fourth-order valence-corrected chi connectivity index (χ4v) is 0.969. The van der Waals surface area contributed by atoms with Crippen LogP contribution in [-0.2, 0) is 4.74 Å². The van der Waals surface area contributed by atoms with Gasteiger partial charge in [0.2, 0.25) is 0 Å². The molecule has 0 aliphatic rings. The number of nitrogens with one attached hydrogen (secondary N) is 1. The van der Waals surface area contributed by atoms with Gasteiger partial charge in [-0.1, -0.05) is 45.2 Å². The van der Waals surface area contributed by atoms with Gasteiger partial charge in [-0.25, -0.2) is 4.79 Å². The number of hydrogen-bond donors (Lipinski definition) is 1. The molecule has 0 aromatic heterocycles. The Morgan fingerprint density at radius 1 is 1.35 bits per heavy atom. The standard InChI is InChI=1S/C12H19NO2.C2H6/c1-5-7-11(6-2)8-9-13-12(14)15-10(3)4;1-2/h5-7,10H,1-2,8-9H2,3-4H3,(H,13,14);1-2H3/b11-7+;. The Bertz CT molecular complexity index is 255. The molecule has 0 fully saturated rings. The molecule has 1 N–H and O–H groups in total. The monoisotopic (exact) mass is 239 g/mol. The molecule has 0 unspecified atom stereocenters. The van der Waals surface area contributed by atoms with Crippen molar-refractivity contribution in [2.45, 2.75) is 40.2 Å². The first-order valence-corrected chi connectivity index (χ1v) is 5.98. The number of carbonyl (C=O) groups is 1. The van der Waals surface area contributed by atoms with Crippen LogP contribution in [0.1, 0.15) is 34.1 Å². The van der Waals surface area contributed by atoms with Gasteiger partial charge >= 0.3 is 6.09 Å². The highest BCUT2D eigenvalue weighted by atomic mass is 16.6. The SMILES string of the molecule is C=C/C=C(\C=C)CCNC(=O)OC(C)C.CC. The molecule has 0 heterocycles. The number of amides is 1. The second-order valence-corrected chi connectivity index (χ2v) is 3.31. The van der Waals surface area contributed by atoms with Gasteiger partial charge in [0.05, 0.1) is 6.10 Å². The number of allylic oxidation sites excluding steroid dienone is 3. The van der Waals surface area contributed by atoms with Crippen molar-refractivity contribution in [1.29, 1.82) is 0 Å². The Morgan fingerprint density at radius 3 is 2.35 bits per heavy atom. The fraction of sp³-hybridized carbons (Fsp3) is 0.500. The first kappa shape index (κ1) is 17.9. The maximum absolute atomic E-state index is 11.1. The highest BCUT2D eigenvalue weighted by molar-refractivity contribution is 5.67. The van der Waals surface area contributed by atoms with Crippen molar-refractivity contribution in [2.75, 3.05) is 6.54 Å². The zero-order valence-electron chi connectivity index (χ0n) is 11.5. The Morgan fingerprint density at radius 2 is 1.94 bits per heavy atom. The van der Waals surface area contributed by atoms with E-state index in [1.165, 1.54) is 0 Å². The van der Waals surface area contributed by atoms with Crippen molar-refractivity contribution >= 4 is 6.09 Å². The molecule has 0 radical (unpaired) electrons. The molecule has 0 aromatic carbocycles. The van der Waals surface area contributed by atoms with Crippen LogP contribution >= 0.6 is 0 Å². The van der Waals surface area contributed by atoms with E-state index in [1.807, 2.05) is 33.8 Å². The molecule has 0 bridgehead atoms. The summed E-state index contributed by atoms with van der Waals surface area (Å²) in [7, 11) is 0. The van der Waals surface area contributed by atoms with Gasteiger partial charge in [-0.3, -0.25) is 0 Å². The lowest BCUT2D eigenvalue weighted by Crippen LogP contribution is -2.27. The van der Waals surface area contributed by atoms with Gasteiger partial charge in [-0.05, 0) is 25.8 Å². The molecular formula is C14H25NO2. The van der Waals surface area contributed by atoms with E-state index in [0.29, 0.717) is 6.54 Å². The third-order valence-electron chi connectivity index (χ3n) is 1.62. The first-order valence-electron chi connectivity index (χ1n) is 5.98. The normalized spacial score (nSPS) is 10.1. The first-order chi connectivity index (χ1) is 8.10. The van der Waals surface area contributed by atoms with Gasteiger partial charge in [0.1, 0.15) is 0 Å². The van der Waals surface area contributed by atoms with Crippen LogP contribution in [0.15, 0.2) is 37.0 Å². The summed E-state index contributed by atoms with van der Waals surface area (Å²) in [6.45, 7) is 15.4. The maximum atomic E-state index is 11.1. The van der Waals surface area contributed by atoms with Gasteiger partial charge in [-0.15, -0.1) is 0 Å². The highest BCUT2D eigenvalue weighted by Gasteiger charge is 2.03. The van der Waals surface area contributed by atoms with E-state index in [4.69, 9.17) is 4.74 Å². The Balaban J connectivity index is 0. The molecule has 98 valence electrons. The van der Waals surface area contributed by atoms with Crippen LogP contribution in [-0.4, -0.2) is 18.7 Å². The van der Waals surface area contributed by atoms with Gasteiger partial charge in [0.15, 0.2) is 0 Å². The third kappa shape index (κ3) is 12.4. The molecule has 0 saturated carbocycles. The Hall–Kier alpha value is -1.51. The van der Waals surface area contributed by atoms with E-state index in [9.17, 15) is 4.79 Å². The minimum atomic E-state index is -0.382. The molecule has 0 aliphatic heterocycles. The number of rotatable bonds is 6. The lowest BCUT2D eigenvalue weighted by molar-refractivity contribution is 0.116. The lowest BCUT2D eigenvalue weighted by atomic mass is 10.2. The predicted molar refractivity (Wildman–Crippen MR) is 74.1 cm³/mol. The molecule has 0 atom stereocenters. The molecule has 0 saturated heterocycles. The quantitative estimate of drug-likeness (QED) is 0.715. The van der Waals surface area contributed by atoms with E-state index < -0.39 is 0 Å². The summed E-state index contributed by atoms with van der Waals surface area (Å²) in [5, 5.41) is 2.65. The Labute approximate surface area is 105 Å². The number of carbonyl (C=O) groups excluding carboxylic acids is 1. The molecule has 0 aliphatic carbocycles. The molecule has 17 heavy (non-hydrogen) atoms. The largest absolute Gasteiger partial charge is 0.447 e. The third-order valence-corrected chi connectivity index (χ3v) is 1.62. The zero-order valence-corrected chi connectivity index (χ0v) is 11.5. The predicted octanol–water partition coefficient (Wildman–Crippen LogP) is 3.84. The van der Waals surface area contributed by atoms with Crippen LogP contribution in [0.25, 0.3) is 0 Å². The van der Waals surface area contributed by atoms with Crippen molar-refractivity contribution in [3.63, 3.8) is 0 Å². The average Bonchev–Trinajstić information content (AvgIpc) is 2.29. The molecule has 0 spiro atoms. The molecule has 1 amide bonds. The smallest absolute Gasteiger partial charge is 0.407 e. The van der Waals surface area contributed by atoms with Crippen LogP contribution < -0.4 is 5.32 Å². The molecule has 0 aromatic rings. The fourth-order valence-electron chi connectivity index (χ4n) is 0.969. The summed E-state index contributed by atoms with van der Waals surface area (Å²) >= 11 is 0. The van der Waals surface area contributed by atoms with E-state index in [2.05, 4.69) is 18.5 Å². The van der Waals surface area contributed by atoms with Crippen molar-refractivity contribution in [1.82, 2.24) is 5.32 Å². The zero-order chi connectivity index (χ0) is 13.7. The average molecular weight is 239 g/mol. The molecule has 3 nitrogen and oxygen atoms in total. The second-order valence-electron chi connectivity index (χ2n) is 3.31. The molecular weight excluding hydrogens is 214 g/mol. The number of ether oxygens (including phenoxy) is 1. The maximum Gasteiger partial charge on any atom is 0.407 e. The van der Waals surface area contributed by atoms with Crippen LogP contribution in [0, 0.1) is 0 Å². The Kier molecular flexibility index (Phi) is 13.2. The summed E-state index contributed by atoms with van der Waals surface area (Å²) in [6.07, 6.45) is 5.56. The summed E-state index contributed by atoms with van der Waals surface area (Å²) < 4.78 is 4.91. The summed E-state index contributed by atoms with van der Waals surface area (Å²) in [6, 6.07) is 0. The van der Waals surface area contributed by atoms with Crippen LogP contribution in [0.5, 0.6) is 0 Å². The van der Waals surface area contributed by atoms with Crippen LogP contribution in [0.2, 0.25) is 0 Å². The molecule has 0 rings (SSSR count). The second kappa shape index (κ2) is 12.6.